The van der Waals surface area contributed by atoms with Gasteiger partial charge in [0.05, 0.1) is 5.75 Å². The maximum absolute atomic E-state index is 13.5. The molecular weight excluding hydrogens is 620 g/mol. The van der Waals surface area contributed by atoms with Gasteiger partial charge >= 0.3 is 5.97 Å². The molecule has 2 amide bonds. The first kappa shape index (κ1) is 31.8. The molecule has 1 saturated heterocycles. The number of likely N-dealkylation sites (tertiary alicyclic amines) is 1. The van der Waals surface area contributed by atoms with Crippen molar-refractivity contribution in [3.8, 4) is 0 Å². The lowest BCUT2D eigenvalue weighted by Crippen LogP contribution is -2.74. The van der Waals surface area contributed by atoms with Crippen molar-refractivity contribution in [1.29, 1.82) is 0 Å². The Hall–Kier alpha value is -4.59. The number of thioether (sulfide) groups is 1. The summed E-state index contributed by atoms with van der Waals surface area (Å²) in [5, 5.41) is 14.2. The summed E-state index contributed by atoms with van der Waals surface area (Å²) in [6.07, 6.45) is -3.10. The number of benzene rings is 3. The second-order valence-electron chi connectivity index (χ2n) is 10.0. The molecule has 232 valence electrons. The summed E-state index contributed by atoms with van der Waals surface area (Å²) < 4.78 is 13.3. The van der Waals surface area contributed by atoms with Crippen LogP contribution in [0.3, 0.4) is 0 Å². The monoisotopic (exact) mass is 648 g/mol. The van der Waals surface area contributed by atoms with Crippen LogP contribution in [0.4, 0.5) is 0 Å². The van der Waals surface area contributed by atoms with E-state index in [0.29, 0.717) is 21.8 Å². The number of rotatable bonds is 13. The van der Waals surface area contributed by atoms with Gasteiger partial charge in [-0.1, -0.05) is 102 Å². The number of tetrazole rings is 1. The largest absolute Gasteiger partial charge is 0.450 e. The Balaban J connectivity index is 1.33. The molecule has 1 N–H and O–H groups in total. The van der Waals surface area contributed by atoms with Crippen LogP contribution >= 0.6 is 23.4 Å². The minimum Gasteiger partial charge on any atom is -0.450 e. The lowest BCUT2D eigenvalue weighted by atomic mass is 10.0. The standard InChI is InChI=1S/C31H29ClN6O6S/c1-19(23(39)18-45-31-34-35-36-37(31)2)43-29-24(33-27(40)22-16-10-5-11-17-22)28(41)38(29)26(32)30(42)44-25(20-12-6-3-7-13-20)21-14-8-4-9-15-21/h3-17,19,24-26,29H,18H2,1-2H3,(H,33,40)/t19-,24-,26?,29+/m0/s1. The van der Waals surface area contributed by atoms with Gasteiger partial charge in [-0.05, 0) is 40.6 Å². The number of alkyl halides is 1. The van der Waals surface area contributed by atoms with E-state index in [2.05, 4.69) is 20.8 Å². The van der Waals surface area contributed by atoms with Crippen molar-refractivity contribution >= 4 is 46.9 Å². The summed E-state index contributed by atoms with van der Waals surface area (Å²) in [4.78, 5) is 53.8. The predicted octanol–water partition coefficient (Wildman–Crippen LogP) is 3.14. The molecule has 0 bridgehead atoms. The number of nitrogens with zero attached hydrogens (tertiary/aromatic N) is 5. The molecule has 0 spiro atoms. The minimum atomic E-state index is -1.62. The number of esters is 1. The quantitative estimate of drug-likeness (QED) is 0.0754. The third-order valence-corrected chi connectivity index (χ3v) is 8.42. The van der Waals surface area contributed by atoms with Crippen LogP contribution in [0, 0.1) is 0 Å². The Kier molecular flexibility index (Phi) is 10.2. The van der Waals surface area contributed by atoms with E-state index in [4.69, 9.17) is 21.1 Å². The summed E-state index contributed by atoms with van der Waals surface area (Å²) in [7, 11) is 1.64. The van der Waals surface area contributed by atoms with Gasteiger partial charge < -0.3 is 14.8 Å². The maximum atomic E-state index is 13.5. The van der Waals surface area contributed by atoms with Crippen LogP contribution in [-0.4, -0.2) is 78.3 Å². The van der Waals surface area contributed by atoms with Crippen LogP contribution in [0.2, 0.25) is 0 Å². The van der Waals surface area contributed by atoms with Gasteiger partial charge in [0.2, 0.25) is 10.7 Å². The van der Waals surface area contributed by atoms with Crippen LogP contribution in [0.25, 0.3) is 0 Å². The number of nitrogens with one attached hydrogen (secondary N) is 1. The molecule has 4 atom stereocenters. The van der Waals surface area contributed by atoms with Gasteiger partial charge in [-0.25, -0.2) is 9.48 Å². The molecule has 0 radical (unpaired) electrons. The molecule has 1 aromatic heterocycles. The van der Waals surface area contributed by atoms with E-state index < -0.39 is 47.8 Å². The Labute approximate surface area is 268 Å². The zero-order valence-electron chi connectivity index (χ0n) is 24.2. The van der Waals surface area contributed by atoms with Gasteiger partial charge in [0.15, 0.2) is 24.2 Å². The molecule has 1 aliphatic rings. The second-order valence-corrected chi connectivity index (χ2v) is 11.4. The normalized spacial score (nSPS) is 17.3. The van der Waals surface area contributed by atoms with Crippen LogP contribution in [0.5, 0.6) is 0 Å². The highest BCUT2D eigenvalue weighted by molar-refractivity contribution is 7.99. The van der Waals surface area contributed by atoms with E-state index in [0.717, 1.165) is 16.7 Å². The van der Waals surface area contributed by atoms with Crippen molar-refractivity contribution in [2.75, 3.05) is 5.75 Å². The highest BCUT2D eigenvalue weighted by Gasteiger charge is 2.55. The summed E-state index contributed by atoms with van der Waals surface area (Å²) in [6.45, 7) is 1.51. The molecule has 1 fully saturated rings. The van der Waals surface area contributed by atoms with Crippen molar-refractivity contribution in [3.05, 3.63) is 108 Å². The number of hydrogen-bond acceptors (Lipinski definition) is 10. The van der Waals surface area contributed by atoms with Gasteiger partial charge in [0.1, 0.15) is 6.10 Å². The lowest BCUT2D eigenvalue weighted by molar-refractivity contribution is -0.200. The van der Waals surface area contributed by atoms with Crippen LogP contribution in [-0.2, 0) is 30.9 Å². The second kappa shape index (κ2) is 14.5. The third kappa shape index (κ3) is 7.39. The fourth-order valence-electron chi connectivity index (χ4n) is 4.57. The fraction of sp³-hybridized carbons (Fsp3) is 0.258. The molecule has 0 aliphatic carbocycles. The van der Waals surface area contributed by atoms with Crippen LogP contribution < -0.4 is 5.32 Å². The highest BCUT2D eigenvalue weighted by Crippen LogP contribution is 2.32. The zero-order chi connectivity index (χ0) is 31.9. The van der Waals surface area contributed by atoms with Crippen molar-refractivity contribution in [2.45, 2.75) is 42.1 Å². The Morgan fingerprint density at radius 1 is 0.956 bits per heavy atom. The van der Waals surface area contributed by atoms with E-state index in [1.165, 1.54) is 11.6 Å². The van der Waals surface area contributed by atoms with E-state index >= 15 is 0 Å². The first-order valence-corrected chi connectivity index (χ1v) is 15.3. The minimum absolute atomic E-state index is 0.0285. The number of halogens is 1. The van der Waals surface area contributed by atoms with E-state index in [9.17, 15) is 19.2 Å². The average molecular weight is 649 g/mol. The fourth-order valence-corrected chi connectivity index (χ4v) is 5.65. The topological polar surface area (TPSA) is 146 Å². The summed E-state index contributed by atoms with van der Waals surface area (Å²) in [5.74, 6) is -2.48. The molecular formula is C31H29ClN6O6S. The van der Waals surface area contributed by atoms with Crippen molar-refractivity contribution in [1.82, 2.24) is 30.4 Å². The number of Topliss-reactive ketones (excluding diaryl/α,β-unsaturated/α-hetero) is 1. The summed E-state index contributed by atoms with van der Waals surface area (Å²) >= 11 is 7.71. The number of aryl methyl sites for hydroxylation is 1. The van der Waals surface area contributed by atoms with Crippen molar-refractivity contribution in [3.63, 3.8) is 0 Å². The number of carbonyl (C=O) groups excluding carboxylic acids is 4. The number of β-lactam (4-membered cyclic amide) rings is 1. The van der Waals surface area contributed by atoms with Crippen molar-refractivity contribution < 1.29 is 28.7 Å². The molecule has 0 saturated carbocycles. The Bertz CT molecular complexity index is 1600. The first-order valence-electron chi connectivity index (χ1n) is 13.9. The number of ketones is 1. The molecule has 3 aromatic carbocycles. The molecule has 14 heteroatoms. The van der Waals surface area contributed by atoms with Gasteiger partial charge in [0, 0.05) is 12.6 Å². The first-order chi connectivity index (χ1) is 21.7. The Morgan fingerprint density at radius 2 is 1.53 bits per heavy atom. The number of ether oxygens (including phenoxy) is 2. The molecule has 1 unspecified atom stereocenters. The molecule has 5 rings (SSSR count). The molecule has 12 nitrogen and oxygen atoms in total. The summed E-state index contributed by atoms with van der Waals surface area (Å²) in [5.41, 5.74) is 0.0948. The summed E-state index contributed by atoms with van der Waals surface area (Å²) in [6, 6.07) is 25.3. The molecule has 45 heavy (non-hydrogen) atoms. The van der Waals surface area contributed by atoms with E-state index in [1.807, 2.05) is 60.7 Å². The number of carbonyl (C=O) groups is 4. The van der Waals surface area contributed by atoms with E-state index in [1.54, 1.807) is 37.4 Å². The van der Waals surface area contributed by atoms with E-state index in [-0.39, 0.29) is 11.5 Å². The molecule has 2 heterocycles. The van der Waals surface area contributed by atoms with Crippen LogP contribution in [0.1, 0.15) is 34.5 Å². The SMILES string of the molecule is C[C@H](O[C@@H]1[C@@H](NC(=O)c2ccccc2)C(=O)N1C(Cl)C(=O)OC(c1ccccc1)c1ccccc1)C(=O)CSc1nnnn1C. The molecule has 1 aliphatic heterocycles. The highest BCUT2D eigenvalue weighted by atomic mass is 35.5. The van der Waals surface area contributed by atoms with Crippen LogP contribution in [0.15, 0.2) is 96.2 Å². The Morgan fingerprint density at radius 3 is 2.09 bits per heavy atom. The number of hydrogen-bond donors (Lipinski definition) is 1. The number of aromatic nitrogens is 4. The van der Waals surface area contributed by atoms with Gasteiger partial charge in [-0.2, -0.15) is 0 Å². The average Bonchev–Trinajstić information content (AvgIpc) is 3.49. The maximum Gasteiger partial charge on any atom is 0.345 e. The lowest BCUT2D eigenvalue weighted by Gasteiger charge is -2.48. The van der Waals surface area contributed by atoms with Gasteiger partial charge in [0.25, 0.3) is 11.8 Å². The smallest absolute Gasteiger partial charge is 0.345 e. The third-order valence-electron chi connectivity index (χ3n) is 7.00. The predicted molar refractivity (Wildman–Crippen MR) is 164 cm³/mol. The zero-order valence-corrected chi connectivity index (χ0v) is 25.8. The van der Waals surface area contributed by atoms with Gasteiger partial charge in [-0.3, -0.25) is 19.3 Å². The van der Waals surface area contributed by atoms with Gasteiger partial charge in [-0.15, -0.1) is 5.10 Å². The van der Waals surface area contributed by atoms with Crippen molar-refractivity contribution in [2.24, 2.45) is 7.05 Å². The number of amides is 2. The molecule has 4 aromatic rings.